The fraction of sp³-hybridized carbons (Fsp3) is 0.909. The van der Waals surface area contributed by atoms with Gasteiger partial charge < -0.3 is 5.32 Å². The fourth-order valence-corrected chi connectivity index (χ4v) is 2.94. The quantitative estimate of drug-likeness (QED) is 0.703. The van der Waals surface area contributed by atoms with E-state index in [1.807, 2.05) is 0 Å². The van der Waals surface area contributed by atoms with Gasteiger partial charge in [-0.3, -0.25) is 4.79 Å². The maximum Gasteiger partial charge on any atom is 0.137 e. The van der Waals surface area contributed by atoms with Gasteiger partial charge in [-0.15, -0.1) is 0 Å². The highest BCUT2D eigenvalue weighted by Gasteiger charge is 2.37. The van der Waals surface area contributed by atoms with Gasteiger partial charge in [-0.25, -0.2) is 0 Å². The summed E-state index contributed by atoms with van der Waals surface area (Å²) in [4.78, 5) is 11.7. The zero-order valence-electron chi connectivity index (χ0n) is 8.38. The molecule has 0 spiro atoms. The molecule has 0 aromatic heterocycles. The molecule has 2 heteroatoms. The van der Waals surface area contributed by atoms with Gasteiger partial charge in [0.1, 0.15) is 5.78 Å². The van der Waals surface area contributed by atoms with Gasteiger partial charge in [-0.1, -0.05) is 13.3 Å². The Morgan fingerprint density at radius 1 is 1.46 bits per heavy atom. The summed E-state index contributed by atoms with van der Waals surface area (Å²) in [5.74, 6) is 1.73. The van der Waals surface area contributed by atoms with Crippen molar-refractivity contribution in [3.05, 3.63) is 0 Å². The molecule has 3 atom stereocenters. The van der Waals surface area contributed by atoms with E-state index in [1.54, 1.807) is 0 Å². The SMILES string of the molecule is CCNC1CC(=O)C2CCCC1C2. The van der Waals surface area contributed by atoms with Gasteiger partial charge in [0, 0.05) is 18.4 Å². The Kier molecular flexibility index (Phi) is 2.68. The summed E-state index contributed by atoms with van der Waals surface area (Å²) in [5, 5.41) is 3.45. The molecule has 2 fully saturated rings. The average molecular weight is 181 g/mol. The van der Waals surface area contributed by atoms with Gasteiger partial charge in [0.05, 0.1) is 0 Å². The van der Waals surface area contributed by atoms with Gasteiger partial charge in [-0.05, 0) is 31.7 Å². The number of hydrogen-bond donors (Lipinski definition) is 1. The molecule has 1 N–H and O–H groups in total. The second-order valence-electron chi connectivity index (χ2n) is 4.46. The van der Waals surface area contributed by atoms with E-state index in [0.717, 1.165) is 31.7 Å². The van der Waals surface area contributed by atoms with Crippen molar-refractivity contribution in [2.24, 2.45) is 11.8 Å². The highest BCUT2D eigenvalue weighted by atomic mass is 16.1. The molecule has 2 nitrogen and oxygen atoms in total. The van der Waals surface area contributed by atoms with Crippen molar-refractivity contribution in [1.82, 2.24) is 5.32 Å². The van der Waals surface area contributed by atoms with Crippen molar-refractivity contribution in [2.75, 3.05) is 6.54 Å². The number of hydrogen-bond acceptors (Lipinski definition) is 2. The molecule has 0 saturated heterocycles. The zero-order chi connectivity index (χ0) is 9.26. The predicted molar refractivity (Wildman–Crippen MR) is 52.5 cm³/mol. The molecule has 0 amide bonds. The van der Waals surface area contributed by atoms with E-state index in [1.165, 1.54) is 12.8 Å². The second-order valence-corrected chi connectivity index (χ2v) is 4.46. The predicted octanol–water partition coefficient (Wildman–Crippen LogP) is 1.74. The van der Waals surface area contributed by atoms with Gasteiger partial charge in [0.25, 0.3) is 0 Å². The number of Topliss-reactive ketones (excluding diaryl/α,β-unsaturated/α-hetero) is 1. The van der Waals surface area contributed by atoms with Gasteiger partial charge >= 0.3 is 0 Å². The van der Waals surface area contributed by atoms with Crippen LogP contribution in [0.1, 0.15) is 39.0 Å². The van der Waals surface area contributed by atoms with Crippen LogP contribution in [0.3, 0.4) is 0 Å². The van der Waals surface area contributed by atoms with Gasteiger partial charge in [0.15, 0.2) is 0 Å². The summed E-state index contributed by atoms with van der Waals surface area (Å²) >= 11 is 0. The number of carbonyl (C=O) groups is 1. The average Bonchev–Trinajstić information content (AvgIpc) is 2.16. The summed E-state index contributed by atoms with van der Waals surface area (Å²) in [7, 11) is 0. The summed E-state index contributed by atoms with van der Waals surface area (Å²) in [5.41, 5.74) is 0. The first-order chi connectivity index (χ1) is 6.31. The molecule has 2 bridgehead atoms. The molecule has 2 aliphatic carbocycles. The molecule has 0 radical (unpaired) electrons. The first kappa shape index (κ1) is 9.20. The lowest BCUT2D eigenvalue weighted by Crippen LogP contribution is -2.46. The van der Waals surface area contributed by atoms with Crippen molar-refractivity contribution < 1.29 is 4.79 Å². The number of fused-ring (bicyclic) bond motifs is 2. The molecule has 2 aliphatic rings. The second kappa shape index (κ2) is 3.79. The van der Waals surface area contributed by atoms with E-state index in [9.17, 15) is 4.79 Å². The molecule has 0 aromatic carbocycles. The lowest BCUT2D eigenvalue weighted by atomic mass is 9.69. The van der Waals surface area contributed by atoms with Crippen LogP contribution in [-0.2, 0) is 4.79 Å². The van der Waals surface area contributed by atoms with Crippen LogP contribution in [0.4, 0.5) is 0 Å². The molecule has 0 aromatic rings. The topological polar surface area (TPSA) is 29.1 Å². The molecular formula is C11H19NO. The number of ketones is 1. The van der Waals surface area contributed by atoms with Crippen molar-refractivity contribution >= 4 is 5.78 Å². The van der Waals surface area contributed by atoms with Crippen molar-refractivity contribution in [3.8, 4) is 0 Å². The lowest BCUT2D eigenvalue weighted by molar-refractivity contribution is -0.128. The first-order valence-corrected chi connectivity index (χ1v) is 5.57. The van der Waals surface area contributed by atoms with E-state index < -0.39 is 0 Å². The Balaban J connectivity index is 2.01. The number of carbonyl (C=O) groups excluding carboxylic acids is 1. The largest absolute Gasteiger partial charge is 0.314 e. The minimum absolute atomic E-state index is 0.425. The van der Waals surface area contributed by atoms with E-state index in [0.29, 0.717) is 17.7 Å². The highest BCUT2D eigenvalue weighted by Crippen LogP contribution is 2.37. The first-order valence-electron chi connectivity index (χ1n) is 5.57. The van der Waals surface area contributed by atoms with Crippen LogP contribution in [0, 0.1) is 11.8 Å². The zero-order valence-corrected chi connectivity index (χ0v) is 8.38. The van der Waals surface area contributed by atoms with Crippen LogP contribution in [0.5, 0.6) is 0 Å². The molecule has 3 unspecified atom stereocenters. The highest BCUT2D eigenvalue weighted by molar-refractivity contribution is 5.82. The van der Waals surface area contributed by atoms with Crippen LogP contribution >= 0.6 is 0 Å². The van der Waals surface area contributed by atoms with E-state index >= 15 is 0 Å². The Morgan fingerprint density at radius 3 is 3.08 bits per heavy atom. The van der Waals surface area contributed by atoms with E-state index in [4.69, 9.17) is 0 Å². The molecule has 2 saturated carbocycles. The maximum atomic E-state index is 11.7. The van der Waals surface area contributed by atoms with Gasteiger partial charge in [-0.2, -0.15) is 0 Å². The van der Waals surface area contributed by atoms with Crippen LogP contribution in [0.25, 0.3) is 0 Å². The minimum Gasteiger partial charge on any atom is -0.314 e. The van der Waals surface area contributed by atoms with Crippen molar-refractivity contribution in [2.45, 2.75) is 45.1 Å². The monoisotopic (exact) mass is 181 g/mol. The third kappa shape index (κ3) is 1.78. The van der Waals surface area contributed by atoms with E-state index in [2.05, 4.69) is 12.2 Å². The van der Waals surface area contributed by atoms with E-state index in [-0.39, 0.29) is 0 Å². The fourth-order valence-electron chi connectivity index (χ4n) is 2.94. The molecule has 74 valence electrons. The summed E-state index contributed by atoms with van der Waals surface area (Å²) < 4.78 is 0. The molecule has 13 heavy (non-hydrogen) atoms. The van der Waals surface area contributed by atoms with Gasteiger partial charge in [0.2, 0.25) is 0 Å². The van der Waals surface area contributed by atoms with Crippen molar-refractivity contribution in [3.63, 3.8) is 0 Å². The standard InChI is InChI=1S/C11H19NO/c1-2-12-10-7-11(13)9-5-3-4-8(10)6-9/h8-10,12H,2-7H2,1H3. The molecule has 0 heterocycles. The Bertz CT molecular complexity index is 202. The van der Waals surface area contributed by atoms with Crippen LogP contribution in [-0.4, -0.2) is 18.4 Å². The van der Waals surface area contributed by atoms with Crippen LogP contribution in [0.2, 0.25) is 0 Å². The summed E-state index contributed by atoms with van der Waals surface area (Å²) in [6.07, 6.45) is 5.72. The number of rotatable bonds is 2. The Hall–Kier alpha value is -0.370. The smallest absolute Gasteiger partial charge is 0.137 e. The minimum atomic E-state index is 0.425. The van der Waals surface area contributed by atoms with Crippen LogP contribution in [0.15, 0.2) is 0 Å². The maximum absolute atomic E-state index is 11.7. The molecular weight excluding hydrogens is 162 g/mol. The Morgan fingerprint density at radius 2 is 2.31 bits per heavy atom. The summed E-state index contributed by atoms with van der Waals surface area (Å²) in [6, 6.07) is 0.494. The molecule has 0 aliphatic heterocycles. The lowest BCUT2D eigenvalue weighted by Gasteiger charge is -2.39. The van der Waals surface area contributed by atoms with Crippen LogP contribution < -0.4 is 5.32 Å². The normalized spacial score (nSPS) is 39.2. The number of nitrogens with one attached hydrogen (secondary N) is 1. The Labute approximate surface area is 80.1 Å². The third-order valence-electron chi connectivity index (χ3n) is 3.63. The molecule has 2 rings (SSSR count). The summed E-state index contributed by atoms with van der Waals surface area (Å²) in [6.45, 7) is 3.12. The third-order valence-corrected chi connectivity index (χ3v) is 3.63. The van der Waals surface area contributed by atoms with Crippen molar-refractivity contribution in [1.29, 1.82) is 0 Å².